The van der Waals surface area contributed by atoms with E-state index in [2.05, 4.69) is 9.97 Å². The minimum absolute atomic E-state index is 0.0713. The predicted octanol–water partition coefficient (Wildman–Crippen LogP) is 4.30. The van der Waals surface area contributed by atoms with E-state index in [9.17, 15) is 9.59 Å². The molecule has 0 amide bonds. The summed E-state index contributed by atoms with van der Waals surface area (Å²) >= 11 is 0. The van der Waals surface area contributed by atoms with Gasteiger partial charge < -0.3 is 5.11 Å². The van der Waals surface area contributed by atoms with E-state index in [4.69, 9.17) is 5.11 Å². The number of hydrogen-bond donors (Lipinski definition) is 1. The van der Waals surface area contributed by atoms with E-state index in [1.165, 1.54) is 51.7 Å². The number of rotatable bonds is 5. The molecule has 0 bridgehead atoms. The molecule has 0 saturated heterocycles. The van der Waals surface area contributed by atoms with Gasteiger partial charge in [0.15, 0.2) is 0 Å². The zero-order chi connectivity index (χ0) is 24.1. The van der Waals surface area contributed by atoms with Crippen LogP contribution in [0.5, 0.6) is 0 Å². The average Bonchev–Trinajstić information content (AvgIpc) is 3.02. The fourth-order valence-corrected chi connectivity index (χ4v) is 3.90. The number of aromatic nitrogens is 4. The zero-order valence-corrected chi connectivity index (χ0v) is 18.5. The molecule has 0 unspecified atom stereocenters. The van der Waals surface area contributed by atoms with Crippen molar-refractivity contribution in [2.24, 2.45) is 14.1 Å². The average molecular weight is 452 g/mol. The van der Waals surface area contributed by atoms with Gasteiger partial charge in [-0.1, -0.05) is 13.8 Å². The summed E-state index contributed by atoms with van der Waals surface area (Å²) in [6, 6.07) is 8.39. The first kappa shape index (κ1) is 22.3. The molecular weight excluding hydrogens is 430 g/mol. The largest absolute Gasteiger partial charge is 0.477 e. The summed E-state index contributed by atoms with van der Waals surface area (Å²) in [4.78, 5) is 31.3. The number of carbonyl (C=O) groups is 1. The highest BCUT2D eigenvalue weighted by molar-refractivity contribution is 5.85. The highest BCUT2D eigenvalue weighted by Crippen LogP contribution is 2.39. The first-order chi connectivity index (χ1) is 15.5. The Labute approximate surface area is 188 Å². The molecule has 0 radical (unpaired) electrons. The molecule has 4 aromatic rings. The van der Waals surface area contributed by atoms with Crippen LogP contribution in [0.15, 0.2) is 53.6 Å². The van der Waals surface area contributed by atoms with E-state index in [-0.39, 0.29) is 28.4 Å². The summed E-state index contributed by atoms with van der Waals surface area (Å²) < 4.78 is 34.0. The number of aryl methyl sites for hydroxylation is 2. The third kappa shape index (κ3) is 3.69. The van der Waals surface area contributed by atoms with Crippen LogP contribution in [-0.2, 0) is 20.0 Å². The van der Waals surface area contributed by atoms with Crippen LogP contribution >= 0.6 is 0 Å². The fraction of sp³-hybridized carbons (Fsp3) is 0.250. The number of benzene rings is 1. The Morgan fingerprint density at radius 2 is 1.73 bits per heavy atom. The van der Waals surface area contributed by atoms with E-state index in [1.807, 2.05) is 13.8 Å². The van der Waals surface area contributed by atoms with Crippen molar-refractivity contribution in [2.45, 2.75) is 25.7 Å². The second-order valence-electron chi connectivity index (χ2n) is 8.23. The molecule has 3 heterocycles. The lowest BCUT2D eigenvalue weighted by Crippen LogP contribution is -2.19. The highest BCUT2D eigenvalue weighted by Gasteiger charge is 2.36. The van der Waals surface area contributed by atoms with Crippen LogP contribution in [0.1, 0.15) is 46.9 Å². The molecule has 0 saturated carbocycles. The third-order valence-electron chi connectivity index (χ3n) is 5.78. The van der Waals surface area contributed by atoms with Gasteiger partial charge in [0.05, 0.1) is 16.7 Å². The lowest BCUT2D eigenvalue weighted by molar-refractivity contribution is 0.0425. The van der Waals surface area contributed by atoms with Gasteiger partial charge >= 0.3 is 11.7 Å². The van der Waals surface area contributed by atoms with Gasteiger partial charge in [0.25, 0.3) is 5.92 Å². The lowest BCUT2D eigenvalue weighted by Gasteiger charge is -2.20. The van der Waals surface area contributed by atoms with Crippen molar-refractivity contribution in [1.82, 2.24) is 19.1 Å². The Morgan fingerprint density at radius 1 is 1.00 bits per heavy atom. The molecule has 0 aliphatic carbocycles. The Morgan fingerprint density at radius 3 is 2.27 bits per heavy atom. The highest BCUT2D eigenvalue weighted by atomic mass is 19.3. The predicted molar refractivity (Wildman–Crippen MR) is 120 cm³/mol. The number of fused-ring (bicyclic) bond motifs is 1. The number of imidazole rings is 1. The number of aromatic carboxylic acids is 1. The second-order valence-corrected chi connectivity index (χ2v) is 8.23. The molecule has 33 heavy (non-hydrogen) atoms. The Kier molecular flexibility index (Phi) is 5.35. The Hall–Kier alpha value is -3.88. The number of carboxylic acids is 1. The first-order valence-electron chi connectivity index (χ1n) is 10.3. The van der Waals surface area contributed by atoms with Crippen molar-refractivity contribution in [3.05, 3.63) is 81.7 Å². The van der Waals surface area contributed by atoms with Gasteiger partial charge in [0.1, 0.15) is 5.69 Å². The Balaban J connectivity index is 1.77. The van der Waals surface area contributed by atoms with Crippen LogP contribution in [0.2, 0.25) is 0 Å². The Bertz CT molecular complexity index is 1420. The molecule has 1 aromatic carbocycles. The summed E-state index contributed by atoms with van der Waals surface area (Å²) in [5, 5.41) is 8.95. The van der Waals surface area contributed by atoms with Crippen molar-refractivity contribution >= 4 is 17.0 Å². The molecular formula is C24H22F2N4O3. The molecule has 0 aliphatic heterocycles. The molecule has 9 heteroatoms. The molecule has 4 rings (SSSR count). The lowest BCUT2D eigenvalue weighted by atomic mass is 9.94. The van der Waals surface area contributed by atoms with Gasteiger partial charge in [0.2, 0.25) is 0 Å². The zero-order valence-electron chi connectivity index (χ0n) is 18.5. The SMILES string of the molecule is CC(C)c1cc(C(F)(F)c2ccc(-c3ccc(C(=O)O)nc3)nc2)cc2c1n(C)c(=O)n2C. The number of hydrogen-bond acceptors (Lipinski definition) is 4. The van der Waals surface area contributed by atoms with Gasteiger partial charge in [-0.05, 0) is 47.9 Å². The maximum Gasteiger partial charge on any atom is 0.354 e. The van der Waals surface area contributed by atoms with Crippen LogP contribution in [0.3, 0.4) is 0 Å². The smallest absolute Gasteiger partial charge is 0.354 e. The van der Waals surface area contributed by atoms with Gasteiger partial charge in [0, 0.05) is 43.2 Å². The third-order valence-corrected chi connectivity index (χ3v) is 5.78. The number of pyridine rings is 2. The molecule has 0 atom stereocenters. The van der Waals surface area contributed by atoms with E-state index < -0.39 is 11.9 Å². The van der Waals surface area contributed by atoms with Crippen LogP contribution in [0.25, 0.3) is 22.3 Å². The minimum atomic E-state index is -3.35. The van der Waals surface area contributed by atoms with Crippen molar-refractivity contribution in [3.8, 4) is 11.3 Å². The summed E-state index contributed by atoms with van der Waals surface area (Å²) in [7, 11) is 3.20. The molecule has 0 fully saturated rings. The maximum atomic E-state index is 15.6. The fourth-order valence-electron chi connectivity index (χ4n) is 3.90. The van der Waals surface area contributed by atoms with E-state index in [0.29, 0.717) is 27.9 Å². The van der Waals surface area contributed by atoms with Gasteiger partial charge in [-0.2, -0.15) is 8.78 Å². The van der Waals surface area contributed by atoms with Crippen LogP contribution in [0.4, 0.5) is 8.78 Å². The molecule has 170 valence electrons. The standard InChI is InChI=1S/C24H22F2N4O3/c1-13(2)17-9-16(10-20-21(17)30(4)23(33)29(20)3)24(25,26)15-6-8-18(28-12-15)14-5-7-19(22(31)32)27-11-14/h5-13H,1-4H3,(H,31,32). The van der Waals surface area contributed by atoms with E-state index >= 15 is 8.78 Å². The summed E-state index contributed by atoms with van der Waals surface area (Å²) in [5.74, 6) is -4.57. The molecule has 3 aromatic heterocycles. The minimum Gasteiger partial charge on any atom is -0.477 e. The van der Waals surface area contributed by atoms with Crippen molar-refractivity contribution in [3.63, 3.8) is 0 Å². The number of alkyl halides is 2. The van der Waals surface area contributed by atoms with Crippen LogP contribution in [-0.4, -0.2) is 30.2 Å². The maximum absolute atomic E-state index is 15.6. The number of halogens is 2. The van der Waals surface area contributed by atoms with Crippen molar-refractivity contribution in [2.75, 3.05) is 0 Å². The topological polar surface area (TPSA) is 90.0 Å². The number of nitrogens with zero attached hydrogens (tertiary/aromatic N) is 4. The van der Waals surface area contributed by atoms with Crippen LogP contribution in [0, 0.1) is 0 Å². The van der Waals surface area contributed by atoms with Gasteiger partial charge in [-0.3, -0.25) is 14.1 Å². The molecule has 0 spiro atoms. The number of carboxylic acid groups (broad SMARTS) is 1. The van der Waals surface area contributed by atoms with Crippen molar-refractivity contribution < 1.29 is 18.7 Å². The normalized spacial score (nSPS) is 12.0. The van der Waals surface area contributed by atoms with Crippen molar-refractivity contribution in [1.29, 1.82) is 0 Å². The first-order valence-corrected chi connectivity index (χ1v) is 10.3. The van der Waals surface area contributed by atoms with Gasteiger partial charge in [-0.15, -0.1) is 0 Å². The summed E-state index contributed by atoms with van der Waals surface area (Å²) in [5.41, 5.74) is 1.74. The van der Waals surface area contributed by atoms with Crippen LogP contribution < -0.4 is 5.69 Å². The van der Waals surface area contributed by atoms with E-state index in [0.717, 1.165) is 6.20 Å². The second kappa shape index (κ2) is 7.91. The summed E-state index contributed by atoms with van der Waals surface area (Å²) in [6.45, 7) is 3.79. The quantitative estimate of drug-likeness (QED) is 0.488. The molecule has 1 N–H and O–H groups in total. The van der Waals surface area contributed by atoms with Gasteiger partial charge in [-0.25, -0.2) is 14.6 Å². The molecule has 0 aliphatic rings. The summed E-state index contributed by atoms with van der Waals surface area (Å²) in [6.07, 6.45) is 2.44. The monoisotopic (exact) mass is 452 g/mol. The van der Waals surface area contributed by atoms with E-state index in [1.54, 1.807) is 14.1 Å². The molecule has 7 nitrogen and oxygen atoms in total.